The van der Waals surface area contributed by atoms with Gasteiger partial charge >= 0.3 is 0 Å². The van der Waals surface area contributed by atoms with Crippen LogP contribution in [0.3, 0.4) is 0 Å². The molecule has 100 valence electrons. The average Bonchev–Trinajstić information content (AvgIpc) is 2.28. The fraction of sp³-hybridized carbons (Fsp3) is 0.538. The summed E-state index contributed by atoms with van der Waals surface area (Å²) in [5.41, 5.74) is 0. The predicted octanol–water partition coefficient (Wildman–Crippen LogP) is 3.12. The molecule has 0 unspecified atom stereocenters. The highest BCUT2D eigenvalue weighted by Gasteiger charge is 2.32. The zero-order chi connectivity index (χ0) is 13.3. The largest absolute Gasteiger partial charge is 0.244 e. The first-order valence-corrected chi connectivity index (χ1v) is 8.39. The first-order valence-electron chi connectivity index (χ1n) is 6.16. The van der Waals surface area contributed by atoms with Gasteiger partial charge in [-0.25, -0.2) is 8.42 Å². The monoisotopic (exact) mass is 331 g/mol. The molecule has 0 N–H and O–H groups in total. The minimum Gasteiger partial charge on any atom is -0.207 e. The Bertz CT molecular complexity index is 520. The molecule has 1 aromatic carbocycles. The van der Waals surface area contributed by atoms with Gasteiger partial charge in [-0.1, -0.05) is 26.0 Å². The Hall–Kier alpha value is -0.390. The van der Waals surface area contributed by atoms with Crippen molar-refractivity contribution in [2.24, 2.45) is 11.8 Å². The summed E-state index contributed by atoms with van der Waals surface area (Å²) in [6.45, 7) is 5.46. The quantitative estimate of drug-likeness (QED) is 0.834. The molecular formula is C13H18BrNO2S. The number of piperidine rings is 1. The van der Waals surface area contributed by atoms with Crippen molar-refractivity contribution in [1.29, 1.82) is 0 Å². The second-order valence-corrected chi connectivity index (χ2v) is 7.96. The Kier molecular flexibility index (Phi) is 4.14. The van der Waals surface area contributed by atoms with Crippen LogP contribution in [-0.2, 0) is 10.0 Å². The maximum Gasteiger partial charge on any atom is 0.244 e. The van der Waals surface area contributed by atoms with E-state index in [4.69, 9.17) is 0 Å². The summed E-state index contributed by atoms with van der Waals surface area (Å²) in [7, 11) is -3.37. The molecule has 0 spiro atoms. The van der Waals surface area contributed by atoms with Crippen LogP contribution >= 0.6 is 15.9 Å². The van der Waals surface area contributed by atoms with Crippen molar-refractivity contribution in [1.82, 2.24) is 4.31 Å². The van der Waals surface area contributed by atoms with Gasteiger partial charge in [0, 0.05) is 17.6 Å². The fourth-order valence-corrected chi connectivity index (χ4v) is 5.24. The normalized spacial score (nSPS) is 26.2. The second kappa shape index (κ2) is 5.31. The smallest absolute Gasteiger partial charge is 0.207 e. The lowest BCUT2D eigenvalue weighted by atomic mass is 9.94. The molecule has 1 aliphatic rings. The van der Waals surface area contributed by atoms with Crippen LogP contribution in [0.4, 0.5) is 0 Å². The molecule has 0 amide bonds. The van der Waals surface area contributed by atoms with Gasteiger partial charge in [0.15, 0.2) is 0 Å². The topological polar surface area (TPSA) is 37.4 Å². The van der Waals surface area contributed by atoms with Crippen LogP contribution in [0, 0.1) is 11.8 Å². The summed E-state index contributed by atoms with van der Waals surface area (Å²) < 4.78 is 27.4. The molecule has 1 aliphatic heterocycles. The first kappa shape index (κ1) is 14.0. The summed E-state index contributed by atoms with van der Waals surface area (Å²) >= 11 is 3.32. The third-order valence-electron chi connectivity index (χ3n) is 3.29. The Labute approximate surface area is 117 Å². The Morgan fingerprint density at radius 1 is 1.17 bits per heavy atom. The highest BCUT2D eigenvalue weighted by atomic mass is 79.9. The van der Waals surface area contributed by atoms with E-state index in [0.29, 0.717) is 34.3 Å². The van der Waals surface area contributed by atoms with Gasteiger partial charge < -0.3 is 0 Å². The molecule has 2 atom stereocenters. The molecule has 18 heavy (non-hydrogen) atoms. The van der Waals surface area contributed by atoms with Crippen molar-refractivity contribution in [3.63, 3.8) is 0 Å². The molecule has 0 aromatic heterocycles. The summed E-state index contributed by atoms with van der Waals surface area (Å²) in [4.78, 5) is 0.367. The maximum atomic E-state index is 12.6. The van der Waals surface area contributed by atoms with Gasteiger partial charge in [0.05, 0.1) is 4.90 Å². The highest BCUT2D eigenvalue weighted by Crippen LogP contribution is 2.29. The van der Waals surface area contributed by atoms with Crippen LogP contribution in [0.15, 0.2) is 33.6 Å². The number of hydrogen-bond acceptors (Lipinski definition) is 2. The van der Waals surface area contributed by atoms with Gasteiger partial charge in [-0.15, -0.1) is 0 Å². The van der Waals surface area contributed by atoms with E-state index in [0.717, 1.165) is 6.42 Å². The molecule has 0 bridgehead atoms. The van der Waals surface area contributed by atoms with Crippen molar-refractivity contribution >= 4 is 26.0 Å². The lowest BCUT2D eigenvalue weighted by Crippen LogP contribution is -2.42. The fourth-order valence-electron chi connectivity index (χ4n) is 2.60. The number of rotatable bonds is 2. The van der Waals surface area contributed by atoms with Crippen LogP contribution in [0.1, 0.15) is 20.3 Å². The van der Waals surface area contributed by atoms with Crippen LogP contribution in [0.25, 0.3) is 0 Å². The van der Waals surface area contributed by atoms with Crippen LogP contribution in [0.2, 0.25) is 0 Å². The summed E-state index contributed by atoms with van der Waals surface area (Å²) in [6, 6.07) is 7.01. The van der Waals surface area contributed by atoms with Gasteiger partial charge in [0.1, 0.15) is 0 Å². The lowest BCUT2D eigenvalue weighted by Gasteiger charge is -2.34. The van der Waals surface area contributed by atoms with Crippen molar-refractivity contribution in [3.8, 4) is 0 Å². The molecule has 1 heterocycles. The first-order chi connectivity index (χ1) is 8.41. The molecule has 0 radical (unpaired) electrons. The van der Waals surface area contributed by atoms with E-state index >= 15 is 0 Å². The summed E-state index contributed by atoms with van der Waals surface area (Å²) in [5, 5.41) is 0. The molecule has 2 rings (SSSR count). The van der Waals surface area contributed by atoms with Crippen LogP contribution < -0.4 is 0 Å². The zero-order valence-corrected chi connectivity index (χ0v) is 13.0. The highest BCUT2D eigenvalue weighted by molar-refractivity contribution is 9.10. The molecule has 1 saturated heterocycles. The minimum absolute atomic E-state index is 0.367. The predicted molar refractivity (Wildman–Crippen MR) is 75.8 cm³/mol. The molecule has 1 fully saturated rings. The number of hydrogen-bond donors (Lipinski definition) is 0. The Morgan fingerprint density at radius 3 is 2.28 bits per heavy atom. The van der Waals surface area contributed by atoms with Crippen molar-refractivity contribution in [2.75, 3.05) is 13.1 Å². The van der Waals surface area contributed by atoms with Gasteiger partial charge in [-0.3, -0.25) is 0 Å². The van der Waals surface area contributed by atoms with E-state index in [1.54, 1.807) is 22.5 Å². The van der Waals surface area contributed by atoms with E-state index in [1.165, 1.54) is 0 Å². The average molecular weight is 332 g/mol. The van der Waals surface area contributed by atoms with E-state index < -0.39 is 10.0 Å². The number of benzene rings is 1. The van der Waals surface area contributed by atoms with Crippen LogP contribution in [0.5, 0.6) is 0 Å². The van der Waals surface area contributed by atoms with E-state index in [2.05, 4.69) is 29.8 Å². The van der Waals surface area contributed by atoms with Crippen LogP contribution in [-0.4, -0.2) is 25.8 Å². The van der Waals surface area contributed by atoms with E-state index in [-0.39, 0.29) is 0 Å². The van der Waals surface area contributed by atoms with Gasteiger partial charge in [-0.2, -0.15) is 4.31 Å². The van der Waals surface area contributed by atoms with Crippen molar-refractivity contribution in [2.45, 2.75) is 25.2 Å². The Morgan fingerprint density at radius 2 is 1.72 bits per heavy atom. The standard InChI is InChI=1S/C13H18BrNO2S/c1-10-7-11(2)9-15(8-10)18(16,17)13-6-4-3-5-12(13)14/h3-6,10-11H,7-9H2,1-2H3/t10-,11-/m1/s1. The molecule has 0 aliphatic carbocycles. The lowest BCUT2D eigenvalue weighted by molar-refractivity contribution is 0.222. The number of halogens is 1. The van der Waals surface area contributed by atoms with E-state index in [9.17, 15) is 8.42 Å². The molecule has 1 aromatic rings. The molecule has 0 saturated carbocycles. The van der Waals surface area contributed by atoms with Gasteiger partial charge in [0.25, 0.3) is 0 Å². The third kappa shape index (κ3) is 2.78. The molecular weight excluding hydrogens is 314 g/mol. The number of sulfonamides is 1. The summed E-state index contributed by atoms with van der Waals surface area (Å²) in [5.74, 6) is 0.844. The Balaban J connectivity index is 2.34. The minimum atomic E-state index is -3.37. The maximum absolute atomic E-state index is 12.6. The van der Waals surface area contributed by atoms with Gasteiger partial charge in [-0.05, 0) is 46.3 Å². The van der Waals surface area contributed by atoms with Crippen molar-refractivity contribution < 1.29 is 8.42 Å². The number of nitrogens with zero attached hydrogens (tertiary/aromatic N) is 1. The van der Waals surface area contributed by atoms with Crippen molar-refractivity contribution in [3.05, 3.63) is 28.7 Å². The second-order valence-electron chi connectivity index (χ2n) is 5.20. The SMILES string of the molecule is C[C@@H]1C[C@@H](C)CN(S(=O)(=O)c2ccccc2Br)C1. The zero-order valence-electron chi connectivity index (χ0n) is 10.6. The molecule has 3 nitrogen and oxygen atoms in total. The molecule has 5 heteroatoms. The summed E-state index contributed by atoms with van der Waals surface area (Å²) in [6.07, 6.45) is 1.10. The van der Waals surface area contributed by atoms with E-state index in [1.807, 2.05) is 6.07 Å². The van der Waals surface area contributed by atoms with Gasteiger partial charge in [0.2, 0.25) is 10.0 Å². The third-order valence-corrected chi connectivity index (χ3v) is 6.13.